The van der Waals surface area contributed by atoms with Crippen LogP contribution in [-0.4, -0.2) is 45.0 Å². The number of anilines is 1. The van der Waals surface area contributed by atoms with Crippen molar-refractivity contribution < 1.29 is 17.9 Å². The van der Waals surface area contributed by atoms with Crippen molar-refractivity contribution in [3.05, 3.63) is 58.7 Å². The minimum Gasteiger partial charge on any atom is -0.380 e. The van der Waals surface area contributed by atoms with Gasteiger partial charge >= 0.3 is 0 Å². The SMILES string of the molecule is CC(C)NS(=O)(=O)Nc1ccc(-c2cc(-c3ccnc(C(C)(C)COCC(C)C(N)C=O)c3)cs2)c(Cl)c1.Cl. The topological polar surface area (TPSA) is 123 Å². The Labute approximate surface area is 246 Å². The van der Waals surface area contributed by atoms with Gasteiger partial charge in [0.25, 0.3) is 10.2 Å². The van der Waals surface area contributed by atoms with Gasteiger partial charge in [-0.05, 0) is 66.8 Å². The molecule has 3 rings (SSSR count). The molecule has 8 nitrogen and oxygen atoms in total. The number of aromatic nitrogens is 1. The van der Waals surface area contributed by atoms with Crippen LogP contribution in [0, 0.1) is 5.92 Å². The van der Waals surface area contributed by atoms with Crippen LogP contribution in [0.15, 0.2) is 48.0 Å². The Morgan fingerprint density at radius 3 is 2.51 bits per heavy atom. The Morgan fingerprint density at radius 2 is 1.87 bits per heavy atom. The first-order valence-corrected chi connectivity index (χ1v) is 15.0. The van der Waals surface area contributed by atoms with Gasteiger partial charge in [0.1, 0.15) is 6.29 Å². The monoisotopic (exact) mass is 614 g/mol. The Balaban J connectivity index is 0.00000533. The smallest absolute Gasteiger partial charge is 0.299 e. The maximum absolute atomic E-state index is 12.2. The van der Waals surface area contributed by atoms with E-state index in [9.17, 15) is 13.2 Å². The van der Waals surface area contributed by atoms with Crippen LogP contribution in [0.2, 0.25) is 5.02 Å². The van der Waals surface area contributed by atoms with Crippen LogP contribution in [0.1, 0.15) is 40.3 Å². The zero-order valence-electron chi connectivity index (χ0n) is 22.6. The van der Waals surface area contributed by atoms with E-state index in [4.69, 9.17) is 22.1 Å². The molecular formula is C27H36Cl2N4O4S2. The molecule has 0 fully saturated rings. The van der Waals surface area contributed by atoms with E-state index in [1.165, 1.54) is 0 Å². The average molecular weight is 616 g/mol. The molecule has 2 aromatic heterocycles. The Hall–Kier alpha value is -2.05. The second kappa shape index (κ2) is 14.0. The number of rotatable bonds is 13. The molecular weight excluding hydrogens is 579 g/mol. The Kier molecular flexibility index (Phi) is 11.9. The molecule has 12 heteroatoms. The van der Waals surface area contributed by atoms with Crippen molar-refractivity contribution in [2.24, 2.45) is 11.7 Å². The average Bonchev–Trinajstić information content (AvgIpc) is 3.32. The molecule has 0 bridgehead atoms. The number of thiophene rings is 1. The van der Waals surface area contributed by atoms with Crippen molar-refractivity contribution in [1.82, 2.24) is 9.71 Å². The van der Waals surface area contributed by atoms with E-state index < -0.39 is 16.3 Å². The summed E-state index contributed by atoms with van der Waals surface area (Å²) < 4.78 is 35.2. The molecule has 0 aliphatic heterocycles. The molecule has 0 saturated carbocycles. The molecule has 39 heavy (non-hydrogen) atoms. The van der Waals surface area contributed by atoms with Crippen molar-refractivity contribution in [2.45, 2.75) is 52.1 Å². The van der Waals surface area contributed by atoms with Crippen molar-refractivity contribution in [2.75, 3.05) is 17.9 Å². The highest BCUT2D eigenvalue weighted by Crippen LogP contribution is 2.38. The second-order valence-corrected chi connectivity index (χ2v) is 13.1. The summed E-state index contributed by atoms with van der Waals surface area (Å²) in [6.45, 7) is 10.3. The van der Waals surface area contributed by atoms with Gasteiger partial charge in [-0.15, -0.1) is 23.7 Å². The number of nitrogens with two attached hydrogens (primary N) is 1. The number of nitrogens with one attached hydrogen (secondary N) is 2. The summed E-state index contributed by atoms with van der Waals surface area (Å²) in [5, 5.41) is 2.50. The highest BCUT2D eigenvalue weighted by Gasteiger charge is 2.24. The summed E-state index contributed by atoms with van der Waals surface area (Å²) in [6, 6.07) is 10.4. The lowest BCUT2D eigenvalue weighted by atomic mass is 9.88. The minimum absolute atomic E-state index is 0. The first kappa shape index (κ1) is 33.2. The number of nitrogens with zero attached hydrogens (tertiary/aromatic N) is 1. The minimum atomic E-state index is -3.68. The van der Waals surface area contributed by atoms with Crippen molar-refractivity contribution in [1.29, 1.82) is 0 Å². The number of pyridine rings is 1. The van der Waals surface area contributed by atoms with Crippen LogP contribution < -0.4 is 15.2 Å². The van der Waals surface area contributed by atoms with Gasteiger partial charge in [0.15, 0.2) is 0 Å². The zero-order chi connectivity index (χ0) is 28.1. The standard InChI is InChI=1S/C27H35ClN4O4S2.ClH/c1-17(2)31-38(34,35)32-21-6-7-22(23(28)12-21)25-10-20(15-37-25)19-8-9-30-26(11-19)27(4,5)16-36-14-18(3)24(29)13-33;/h6-13,15,17-18,24,31-32H,14,16,29H2,1-5H3;1H. The summed E-state index contributed by atoms with van der Waals surface area (Å²) in [5.74, 6) is -0.0652. The van der Waals surface area contributed by atoms with E-state index in [-0.39, 0.29) is 29.8 Å². The van der Waals surface area contributed by atoms with E-state index in [0.29, 0.717) is 23.9 Å². The molecule has 214 valence electrons. The molecule has 0 aliphatic rings. The van der Waals surface area contributed by atoms with Crippen LogP contribution in [0.5, 0.6) is 0 Å². The van der Waals surface area contributed by atoms with Gasteiger partial charge in [-0.1, -0.05) is 32.4 Å². The fraction of sp³-hybridized carbons (Fsp3) is 0.407. The van der Waals surface area contributed by atoms with E-state index in [2.05, 4.69) is 45.8 Å². The van der Waals surface area contributed by atoms with E-state index in [0.717, 1.165) is 33.5 Å². The molecule has 0 amide bonds. The fourth-order valence-electron chi connectivity index (χ4n) is 3.70. The van der Waals surface area contributed by atoms with Crippen molar-refractivity contribution >= 4 is 57.5 Å². The lowest BCUT2D eigenvalue weighted by Gasteiger charge is -2.25. The third-order valence-corrected chi connectivity index (χ3v) is 8.48. The number of hydrogen-bond acceptors (Lipinski definition) is 7. The normalized spacial score (nSPS) is 13.5. The van der Waals surface area contributed by atoms with Crippen molar-refractivity contribution in [3.63, 3.8) is 0 Å². The quantitative estimate of drug-likeness (QED) is 0.213. The number of ether oxygens (including phenoxy) is 1. The maximum atomic E-state index is 12.2. The molecule has 2 heterocycles. The number of aldehydes is 1. The summed E-state index contributed by atoms with van der Waals surface area (Å²) in [6.07, 6.45) is 2.53. The summed E-state index contributed by atoms with van der Waals surface area (Å²) in [4.78, 5) is 16.4. The van der Waals surface area contributed by atoms with Crippen LogP contribution in [0.4, 0.5) is 5.69 Å². The van der Waals surface area contributed by atoms with Gasteiger partial charge in [0.05, 0.1) is 30.0 Å². The van der Waals surface area contributed by atoms with Gasteiger partial charge in [-0.25, -0.2) is 0 Å². The molecule has 0 radical (unpaired) electrons. The van der Waals surface area contributed by atoms with Gasteiger partial charge in [-0.3, -0.25) is 9.71 Å². The van der Waals surface area contributed by atoms with Crippen LogP contribution >= 0.6 is 35.3 Å². The number of halogens is 2. The van der Waals surface area contributed by atoms with Crippen molar-refractivity contribution in [3.8, 4) is 21.6 Å². The lowest BCUT2D eigenvalue weighted by Crippen LogP contribution is -2.35. The summed E-state index contributed by atoms with van der Waals surface area (Å²) >= 11 is 8.09. The second-order valence-electron chi connectivity index (χ2n) is 10.3. The van der Waals surface area contributed by atoms with Crippen LogP contribution in [0.3, 0.4) is 0 Å². The first-order valence-electron chi connectivity index (χ1n) is 12.3. The molecule has 0 spiro atoms. The third-order valence-electron chi connectivity index (χ3n) is 5.92. The number of carbonyl (C=O) groups is 1. The van der Waals surface area contributed by atoms with E-state index in [1.54, 1.807) is 49.6 Å². The van der Waals surface area contributed by atoms with E-state index >= 15 is 0 Å². The largest absolute Gasteiger partial charge is 0.380 e. The first-order chi connectivity index (χ1) is 17.8. The molecule has 0 saturated heterocycles. The van der Waals surface area contributed by atoms with Gasteiger partial charge < -0.3 is 15.3 Å². The van der Waals surface area contributed by atoms with E-state index in [1.807, 2.05) is 13.0 Å². The predicted molar refractivity (Wildman–Crippen MR) is 163 cm³/mol. The predicted octanol–water partition coefficient (Wildman–Crippen LogP) is 5.66. The maximum Gasteiger partial charge on any atom is 0.299 e. The Morgan fingerprint density at radius 1 is 1.15 bits per heavy atom. The molecule has 4 N–H and O–H groups in total. The number of hydrogen-bond donors (Lipinski definition) is 3. The van der Waals surface area contributed by atoms with Gasteiger partial charge in [0.2, 0.25) is 0 Å². The molecule has 2 unspecified atom stereocenters. The molecule has 2 atom stereocenters. The molecule has 1 aromatic carbocycles. The Bertz CT molecular complexity index is 1360. The fourth-order valence-corrected chi connectivity index (χ4v) is 6.11. The van der Waals surface area contributed by atoms with Gasteiger partial charge in [0, 0.05) is 39.7 Å². The summed E-state index contributed by atoms with van der Waals surface area (Å²) in [7, 11) is -3.68. The third kappa shape index (κ3) is 9.24. The highest BCUT2D eigenvalue weighted by atomic mass is 35.5. The highest BCUT2D eigenvalue weighted by molar-refractivity contribution is 7.90. The lowest BCUT2D eigenvalue weighted by molar-refractivity contribution is -0.110. The molecule has 0 aliphatic carbocycles. The zero-order valence-corrected chi connectivity index (χ0v) is 25.8. The number of benzene rings is 1. The van der Waals surface area contributed by atoms with Crippen LogP contribution in [-0.2, 0) is 25.2 Å². The van der Waals surface area contributed by atoms with Crippen LogP contribution in [0.25, 0.3) is 21.6 Å². The number of carbonyl (C=O) groups excluding carboxylic acids is 1. The van der Waals surface area contributed by atoms with Gasteiger partial charge in [-0.2, -0.15) is 13.1 Å². The molecule has 3 aromatic rings. The summed E-state index contributed by atoms with van der Waals surface area (Å²) in [5.41, 5.74) is 9.54.